The van der Waals surface area contributed by atoms with E-state index < -0.39 is 0 Å². The first-order chi connectivity index (χ1) is 25.3. The van der Waals surface area contributed by atoms with E-state index in [4.69, 9.17) is 9.97 Å². The lowest BCUT2D eigenvalue weighted by Gasteiger charge is -2.40. The van der Waals surface area contributed by atoms with Gasteiger partial charge in [-0.2, -0.15) is 0 Å². The molecule has 5 nitrogen and oxygen atoms in total. The number of anilines is 6. The van der Waals surface area contributed by atoms with Crippen molar-refractivity contribution in [1.82, 2.24) is 14.5 Å². The van der Waals surface area contributed by atoms with Gasteiger partial charge in [-0.1, -0.05) is 127 Å². The quantitative estimate of drug-likeness (QED) is 0.185. The highest BCUT2D eigenvalue weighted by Crippen LogP contribution is 2.57. The molecule has 1 aliphatic rings. The number of para-hydroxylation sites is 5. The van der Waals surface area contributed by atoms with E-state index in [1.54, 1.807) is 0 Å². The molecule has 0 aliphatic carbocycles. The number of hydrogen-bond acceptors (Lipinski definition) is 4. The average molecular weight is 654 g/mol. The highest BCUT2D eigenvalue weighted by atomic mass is 15.3. The zero-order valence-electron chi connectivity index (χ0n) is 27.6. The van der Waals surface area contributed by atoms with Crippen LogP contribution >= 0.6 is 0 Å². The number of rotatable bonds is 5. The van der Waals surface area contributed by atoms with Gasteiger partial charge in [0, 0.05) is 33.3 Å². The Bertz CT molecular complexity index is 2630. The Morgan fingerprint density at radius 3 is 1.47 bits per heavy atom. The van der Waals surface area contributed by atoms with Crippen LogP contribution in [0, 0.1) is 0 Å². The van der Waals surface area contributed by atoms with Gasteiger partial charge in [-0.25, -0.2) is 9.97 Å². The van der Waals surface area contributed by atoms with Crippen LogP contribution in [0.4, 0.5) is 34.1 Å². The molecule has 3 heterocycles. The minimum absolute atomic E-state index is 0.618. The molecule has 0 amide bonds. The molecule has 0 radical (unpaired) electrons. The summed E-state index contributed by atoms with van der Waals surface area (Å²) in [7, 11) is 0. The number of aromatic nitrogens is 3. The van der Waals surface area contributed by atoms with Gasteiger partial charge >= 0.3 is 0 Å². The first kappa shape index (κ1) is 29.0. The fourth-order valence-corrected chi connectivity index (χ4v) is 7.48. The summed E-state index contributed by atoms with van der Waals surface area (Å²) >= 11 is 0. The van der Waals surface area contributed by atoms with E-state index in [1.165, 1.54) is 0 Å². The number of hydrogen-bond donors (Lipinski definition) is 0. The van der Waals surface area contributed by atoms with Crippen molar-refractivity contribution in [3.05, 3.63) is 188 Å². The molecular formula is C46H31N5. The monoisotopic (exact) mass is 653 g/mol. The molecule has 0 atom stereocenters. The topological polar surface area (TPSA) is 37.2 Å². The molecular weight excluding hydrogens is 623 g/mol. The van der Waals surface area contributed by atoms with E-state index >= 15 is 0 Å². The Kier molecular flexibility index (Phi) is 6.74. The Labute approximate surface area is 296 Å². The van der Waals surface area contributed by atoms with Crippen molar-refractivity contribution in [1.29, 1.82) is 0 Å². The molecule has 7 aromatic carbocycles. The van der Waals surface area contributed by atoms with Gasteiger partial charge in [0.25, 0.3) is 0 Å². The van der Waals surface area contributed by atoms with Crippen molar-refractivity contribution in [3.8, 4) is 28.5 Å². The minimum Gasteiger partial charge on any atom is -0.306 e. The third kappa shape index (κ3) is 4.71. The lowest BCUT2D eigenvalue weighted by Crippen LogP contribution is -2.24. The number of nitrogens with zero attached hydrogens (tertiary/aromatic N) is 5. The molecule has 10 rings (SSSR count). The molecule has 0 bridgehead atoms. The SMILES string of the molecule is c1ccc(-c2cc(-c3ccccc3)nc(-n3c4ccccc4c4ccc5c(c43)N(c3ccccc3)c3ccccc3N5c3ccccc3)n2)cc1. The maximum atomic E-state index is 5.36. The van der Waals surface area contributed by atoms with Crippen LogP contribution in [0.2, 0.25) is 0 Å². The standard InChI is InChI=1S/C46H31N5/c1-5-17-32(18-6-1)38-31-39(33-19-7-2-8-20-33)48-46(47-38)51-40-26-14-13-25-36(40)37-29-30-43-45(44(37)51)50(35-23-11-4-12-24-35)42-28-16-15-27-41(42)49(43)34-21-9-3-10-22-34/h1-31H. The van der Waals surface area contributed by atoms with Crippen LogP contribution in [-0.4, -0.2) is 14.5 Å². The predicted molar refractivity (Wildman–Crippen MR) is 210 cm³/mol. The van der Waals surface area contributed by atoms with Gasteiger partial charge in [-0.3, -0.25) is 4.57 Å². The largest absolute Gasteiger partial charge is 0.306 e. The summed E-state index contributed by atoms with van der Waals surface area (Å²) < 4.78 is 2.27. The third-order valence-electron chi connectivity index (χ3n) is 9.70. The molecule has 0 saturated carbocycles. The molecule has 1 aliphatic heterocycles. The maximum Gasteiger partial charge on any atom is 0.235 e. The highest BCUT2D eigenvalue weighted by Gasteiger charge is 2.34. The molecule has 0 unspecified atom stereocenters. The molecule has 0 N–H and O–H groups in total. The summed E-state index contributed by atoms with van der Waals surface area (Å²) in [6, 6.07) is 65.9. The van der Waals surface area contributed by atoms with Crippen LogP contribution in [0.25, 0.3) is 50.3 Å². The first-order valence-corrected chi connectivity index (χ1v) is 17.2. The first-order valence-electron chi connectivity index (χ1n) is 17.2. The minimum atomic E-state index is 0.618. The van der Waals surface area contributed by atoms with E-state index in [-0.39, 0.29) is 0 Å². The highest BCUT2D eigenvalue weighted by molar-refractivity contribution is 6.19. The number of benzene rings is 7. The Morgan fingerprint density at radius 2 is 0.863 bits per heavy atom. The van der Waals surface area contributed by atoms with Crippen molar-refractivity contribution in [2.75, 3.05) is 9.80 Å². The molecule has 9 aromatic rings. The lowest BCUT2D eigenvalue weighted by atomic mass is 10.0. The summed E-state index contributed by atoms with van der Waals surface area (Å²) in [5.41, 5.74) is 12.4. The summed E-state index contributed by atoms with van der Waals surface area (Å²) in [6.07, 6.45) is 0. The van der Waals surface area contributed by atoms with Crippen molar-refractivity contribution in [2.24, 2.45) is 0 Å². The predicted octanol–water partition coefficient (Wildman–Crippen LogP) is 12.2. The zero-order chi connectivity index (χ0) is 33.7. The van der Waals surface area contributed by atoms with Crippen molar-refractivity contribution >= 4 is 55.9 Å². The van der Waals surface area contributed by atoms with Gasteiger partial charge in [0.1, 0.15) is 0 Å². The second kappa shape index (κ2) is 11.9. The van der Waals surface area contributed by atoms with Crippen LogP contribution < -0.4 is 9.80 Å². The molecule has 51 heavy (non-hydrogen) atoms. The maximum absolute atomic E-state index is 5.36. The Hall–Kier alpha value is -6.98. The zero-order valence-corrected chi connectivity index (χ0v) is 27.6. The Balaban J connectivity index is 1.36. The van der Waals surface area contributed by atoms with Gasteiger partial charge in [-0.05, 0) is 60.7 Å². The van der Waals surface area contributed by atoms with Gasteiger partial charge < -0.3 is 9.80 Å². The molecule has 0 fully saturated rings. The third-order valence-corrected chi connectivity index (χ3v) is 9.70. The second-order valence-corrected chi connectivity index (χ2v) is 12.7. The van der Waals surface area contributed by atoms with E-state index in [1.807, 2.05) is 12.1 Å². The van der Waals surface area contributed by atoms with Gasteiger partial charge in [-0.15, -0.1) is 0 Å². The molecule has 240 valence electrons. The average Bonchev–Trinajstić information content (AvgIpc) is 3.56. The molecule has 5 heteroatoms. The van der Waals surface area contributed by atoms with Crippen LogP contribution in [0.1, 0.15) is 0 Å². The fourth-order valence-electron chi connectivity index (χ4n) is 7.48. The summed E-state index contributed by atoms with van der Waals surface area (Å²) in [6.45, 7) is 0. The van der Waals surface area contributed by atoms with E-state index in [9.17, 15) is 0 Å². The molecule has 0 saturated heterocycles. The van der Waals surface area contributed by atoms with Crippen LogP contribution in [0.5, 0.6) is 0 Å². The van der Waals surface area contributed by atoms with Crippen molar-refractivity contribution in [3.63, 3.8) is 0 Å². The van der Waals surface area contributed by atoms with Gasteiger partial charge in [0.2, 0.25) is 5.95 Å². The van der Waals surface area contributed by atoms with E-state index in [0.29, 0.717) is 5.95 Å². The fraction of sp³-hybridized carbons (Fsp3) is 0. The van der Waals surface area contributed by atoms with Gasteiger partial charge in [0.15, 0.2) is 0 Å². The normalized spacial score (nSPS) is 12.2. The smallest absolute Gasteiger partial charge is 0.235 e. The van der Waals surface area contributed by atoms with Gasteiger partial charge in [0.05, 0.1) is 45.2 Å². The molecule has 0 spiro atoms. The van der Waals surface area contributed by atoms with E-state index in [2.05, 4.69) is 190 Å². The summed E-state index contributed by atoms with van der Waals surface area (Å²) in [5, 5.41) is 2.27. The summed E-state index contributed by atoms with van der Waals surface area (Å²) in [4.78, 5) is 15.5. The summed E-state index contributed by atoms with van der Waals surface area (Å²) in [5.74, 6) is 0.618. The second-order valence-electron chi connectivity index (χ2n) is 12.7. The Morgan fingerprint density at radius 1 is 0.373 bits per heavy atom. The number of fused-ring (bicyclic) bond motifs is 6. The van der Waals surface area contributed by atoms with Crippen molar-refractivity contribution < 1.29 is 0 Å². The van der Waals surface area contributed by atoms with Crippen LogP contribution in [0.15, 0.2) is 188 Å². The molecule has 2 aromatic heterocycles. The van der Waals surface area contributed by atoms with Crippen LogP contribution in [-0.2, 0) is 0 Å². The van der Waals surface area contributed by atoms with Crippen molar-refractivity contribution in [2.45, 2.75) is 0 Å². The van der Waals surface area contributed by atoms with E-state index in [0.717, 1.165) is 78.4 Å². The lowest BCUT2D eigenvalue weighted by molar-refractivity contribution is 0.993. The van der Waals surface area contributed by atoms with Crippen LogP contribution in [0.3, 0.4) is 0 Å².